The monoisotopic (exact) mass is 253 g/mol. The quantitative estimate of drug-likeness (QED) is 0.812. The van der Waals surface area contributed by atoms with Gasteiger partial charge < -0.3 is 4.74 Å². The molecule has 0 fully saturated rings. The van der Waals surface area contributed by atoms with E-state index in [-0.39, 0.29) is 0 Å². The summed E-state index contributed by atoms with van der Waals surface area (Å²) in [6.07, 6.45) is -3.37. The summed E-state index contributed by atoms with van der Waals surface area (Å²) in [7, 11) is 1.40. The third-order valence-electron chi connectivity index (χ3n) is 2.46. The van der Waals surface area contributed by atoms with Gasteiger partial charge in [-0.3, -0.25) is 0 Å². The predicted molar refractivity (Wildman–Crippen MR) is 61.2 cm³/mol. The molecule has 1 heterocycles. The lowest BCUT2D eigenvalue weighted by Gasteiger charge is -2.11. The first-order chi connectivity index (χ1) is 8.52. The first-order valence-electron chi connectivity index (χ1n) is 5.19. The van der Waals surface area contributed by atoms with Gasteiger partial charge in [-0.05, 0) is 11.6 Å². The summed E-state index contributed by atoms with van der Waals surface area (Å²) >= 11 is 0. The van der Waals surface area contributed by atoms with Crippen molar-refractivity contribution in [3.8, 4) is 16.9 Å². The van der Waals surface area contributed by atoms with Gasteiger partial charge in [0, 0.05) is 5.56 Å². The number of ether oxygens (including phenoxy) is 1. The second kappa shape index (κ2) is 4.68. The molecular weight excluding hydrogens is 243 g/mol. The Morgan fingerprint density at radius 3 is 2.33 bits per heavy atom. The summed E-state index contributed by atoms with van der Waals surface area (Å²) in [5.74, 6) is 0.314. The smallest absolute Gasteiger partial charge is 0.433 e. The second-order valence-electron chi connectivity index (χ2n) is 3.63. The molecule has 0 unspecified atom stereocenters. The van der Waals surface area contributed by atoms with Crippen molar-refractivity contribution in [2.24, 2.45) is 0 Å². The van der Waals surface area contributed by atoms with E-state index in [1.54, 1.807) is 30.3 Å². The number of pyridine rings is 1. The minimum atomic E-state index is -4.46. The minimum absolute atomic E-state index is 0.314. The van der Waals surface area contributed by atoms with Crippen molar-refractivity contribution >= 4 is 0 Å². The van der Waals surface area contributed by atoms with E-state index < -0.39 is 11.9 Å². The van der Waals surface area contributed by atoms with Crippen molar-refractivity contribution in [2.45, 2.75) is 6.18 Å². The average Bonchev–Trinajstić information content (AvgIpc) is 2.38. The van der Waals surface area contributed by atoms with Gasteiger partial charge in [-0.1, -0.05) is 30.3 Å². The number of benzene rings is 1. The molecule has 94 valence electrons. The van der Waals surface area contributed by atoms with Crippen molar-refractivity contribution in [2.75, 3.05) is 7.11 Å². The van der Waals surface area contributed by atoms with E-state index in [1.807, 2.05) is 0 Å². The van der Waals surface area contributed by atoms with E-state index in [2.05, 4.69) is 4.98 Å². The van der Waals surface area contributed by atoms with Crippen LogP contribution >= 0.6 is 0 Å². The molecular formula is C13H10F3NO. The van der Waals surface area contributed by atoms with Crippen molar-refractivity contribution in [1.29, 1.82) is 0 Å². The minimum Gasteiger partial charge on any atom is -0.494 e. The first kappa shape index (κ1) is 12.4. The van der Waals surface area contributed by atoms with Gasteiger partial charge in [-0.25, -0.2) is 4.98 Å². The summed E-state index contributed by atoms with van der Waals surface area (Å²) < 4.78 is 42.9. The van der Waals surface area contributed by atoms with Crippen LogP contribution in [0.25, 0.3) is 11.1 Å². The van der Waals surface area contributed by atoms with Crippen LogP contribution in [0.3, 0.4) is 0 Å². The lowest BCUT2D eigenvalue weighted by Crippen LogP contribution is -2.08. The molecule has 0 aliphatic rings. The molecule has 2 rings (SSSR count). The van der Waals surface area contributed by atoms with Gasteiger partial charge in [0.1, 0.15) is 11.4 Å². The van der Waals surface area contributed by atoms with Crippen LogP contribution in [-0.2, 0) is 6.18 Å². The Balaban J connectivity index is 2.57. The fourth-order valence-corrected chi connectivity index (χ4v) is 1.60. The predicted octanol–water partition coefficient (Wildman–Crippen LogP) is 3.78. The maximum Gasteiger partial charge on any atom is 0.433 e. The van der Waals surface area contributed by atoms with Crippen LogP contribution < -0.4 is 4.74 Å². The Labute approximate surface area is 102 Å². The zero-order valence-electron chi connectivity index (χ0n) is 9.53. The van der Waals surface area contributed by atoms with Gasteiger partial charge in [0.2, 0.25) is 0 Å². The SMILES string of the molecule is COc1cnc(C(F)(F)F)cc1-c1ccccc1. The van der Waals surface area contributed by atoms with Crippen molar-refractivity contribution in [3.05, 3.63) is 48.3 Å². The van der Waals surface area contributed by atoms with Crippen LogP contribution in [0.1, 0.15) is 5.69 Å². The molecule has 1 aromatic heterocycles. The number of alkyl halides is 3. The van der Waals surface area contributed by atoms with E-state index in [1.165, 1.54) is 7.11 Å². The number of halogens is 3. The number of aromatic nitrogens is 1. The summed E-state index contributed by atoms with van der Waals surface area (Å²) in [6, 6.07) is 9.73. The molecule has 0 amide bonds. The highest BCUT2D eigenvalue weighted by molar-refractivity contribution is 5.70. The first-order valence-corrected chi connectivity index (χ1v) is 5.19. The normalized spacial score (nSPS) is 11.3. The van der Waals surface area contributed by atoms with Crippen LogP contribution in [0.2, 0.25) is 0 Å². The number of rotatable bonds is 2. The van der Waals surface area contributed by atoms with Crippen LogP contribution in [0, 0.1) is 0 Å². The van der Waals surface area contributed by atoms with Crippen LogP contribution in [-0.4, -0.2) is 12.1 Å². The van der Waals surface area contributed by atoms with Crippen molar-refractivity contribution in [3.63, 3.8) is 0 Å². The summed E-state index contributed by atoms with van der Waals surface area (Å²) in [5.41, 5.74) is 0.102. The number of hydrogen-bond donors (Lipinski definition) is 0. The highest BCUT2D eigenvalue weighted by Gasteiger charge is 2.33. The van der Waals surface area contributed by atoms with Crippen LogP contribution in [0.5, 0.6) is 5.75 Å². The Morgan fingerprint density at radius 1 is 1.11 bits per heavy atom. The molecule has 0 aliphatic heterocycles. The number of hydrogen-bond acceptors (Lipinski definition) is 2. The van der Waals surface area contributed by atoms with E-state index in [0.29, 0.717) is 16.9 Å². The van der Waals surface area contributed by atoms with Crippen LogP contribution in [0.15, 0.2) is 42.6 Å². The molecule has 1 aromatic carbocycles. The zero-order chi connectivity index (χ0) is 13.2. The molecule has 0 saturated heterocycles. The largest absolute Gasteiger partial charge is 0.494 e. The number of methoxy groups -OCH3 is 1. The molecule has 0 atom stereocenters. The fourth-order valence-electron chi connectivity index (χ4n) is 1.60. The van der Waals surface area contributed by atoms with Gasteiger partial charge in [0.05, 0.1) is 13.3 Å². The standard InChI is InChI=1S/C13H10F3NO/c1-18-11-8-17-12(13(14,15)16)7-10(11)9-5-3-2-4-6-9/h2-8H,1H3. The Hall–Kier alpha value is -2.04. The molecule has 0 radical (unpaired) electrons. The topological polar surface area (TPSA) is 22.1 Å². The lowest BCUT2D eigenvalue weighted by molar-refractivity contribution is -0.141. The van der Waals surface area contributed by atoms with Crippen molar-refractivity contribution in [1.82, 2.24) is 4.98 Å². The molecule has 0 saturated carbocycles. The molecule has 0 bridgehead atoms. The maximum atomic E-state index is 12.6. The maximum absolute atomic E-state index is 12.6. The molecule has 18 heavy (non-hydrogen) atoms. The van der Waals surface area contributed by atoms with Gasteiger partial charge in [-0.2, -0.15) is 13.2 Å². The number of nitrogens with zero attached hydrogens (tertiary/aromatic N) is 1. The average molecular weight is 253 g/mol. The van der Waals surface area contributed by atoms with Crippen LogP contribution in [0.4, 0.5) is 13.2 Å². The molecule has 0 aliphatic carbocycles. The molecule has 5 heteroatoms. The Morgan fingerprint density at radius 2 is 1.78 bits per heavy atom. The molecule has 2 aromatic rings. The third-order valence-corrected chi connectivity index (χ3v) is 2.46. The van der Waals surface area contributed by atoms with Gasteiger partial charge in [0.15, 0.2) is 0 Å². The Bertz CT molecular complexity index is 538. The molecule has 2 nitrogen and oxygen atoms in total. The van der Waals surface area contributed by atoms with Gasteiger partial charge >= 0.3 is 6.18 Å². The summed E-state index contributed by atoms with van der Waals surface area (Å²) in [4.78, 5) is 3.36. The molecule has 0 N–H and O–H groups in total. The Kier molecular flexibility index (Phi) is 3.23. The van der Waals surface area contributed by atoms with E-state index in [0.717, 1.165) is 12.3 Å². The van der Waals surface area contributed by atoms with Crippen molar-refractivity contribution < 1.29 is 17.9 Å². The second-order valence-corrected chi connectivity index (χ2v) is 3.63. The van der Waals surface area contributed by atoms with Gasteiger partial charge in [-0.15, -0.1) is 0 Å². The van der Waals surface area contributed by atoms with E-state index >= 15 is 0 Å². The van der Waals surface area contributed by atoms with E-state index in [9.17, 15) is 13.2 Å². The zero-order valence-corrected chi connectivity index (χ0v) is 9.53. The summed E-state index contributed by atoms with van der Waals surface area (Å²) in [6.45, 7) is 0. The third kappa shape index (κ3) is 2.45. The fraction of sp³-hybridized carbons (Fsp3) is 0.154. The van der Waals surface area contributed by atoms with E-state index in [4.69, 9.17) is 4.74 Å². The lowest BCUT2D eigenvalue weighted by atomic mass is 10.1. The highest BCUT2D eigenvalue weighted by Crippen LogP contribution is 2.35. The molecule has 0 spiro atoms. The highest BCUT2D eigenvalue weighted by atomic mass is 19.4. The van der Waals surface area contributed by atoms with Gasteiger partial charge in [0.25, 0.3) is 0 Å². The summed E-state index contributed by atoms with van der Waals surface area (Å²) in [5, 5.41) is 0.